The number of hydrogen-bond donors (Lipinski definition) is 0. The van der Waals surface area contributed by atoms with Gasteiger partial charge in [0.1, 0.15) is 5.82 Å². The van der Waals surface area contributed by atoms with Gasteiger partial charge in [-0.25, -0.2) is 4.39 Å². The third kappa shape index (κ3) is 5.22. The highest BCUT2D eigenvalue weighted by atomic mass is 19.1. The summed E-state index contributed by atoms with van der Waals surface area (Å²) in [6.45, 7) is 4.25. The van der Waals surface area contributed by atoms with Crippen molar-refractivity contribution < 1.29 is 4.39 Å². The zero-order valence-corrected chi connectivity index (χ0v) is 6.34. The van der Waals surface area contributed by atoms with Crippen molar-refractivity contribution in [2.45, 2.75) is 20.3 Å². The van der Waals surface area contributed by atoms with E-state index in [1.165, 1.54) is 24.9 Å². The Morgan fingerprint density at radius 1 is 1.50 bits per heavy atom. The number of nitrogens with zero attached hydrogens (tertiary/aromatic N) is 1. The van der Waals surface area contributed by atoms with E-state index >= 15 is 0 Å². The Balaban J connectivity index is 0.000000236. The average molecular weight is 141 g/mol. The molecule has 0 aliphatic heterocycles. The molecular formula is C8H12FN. The van der Waals surface area contributed by atoms with Gasteiger partial charge < -0.3 is 0 Å². The summed E-state index contributed by atoms with van der Waals surface area (Å²) in [6, 6.07) is 2.91. The summed E-state index contributed by atoms with van der Waals surface area (Å²) >= 11 is 0. The average Bonchev–Trinajstić information content (AvgIpc) is 1.91. The molecule has 0 aliphatic carbocycles. The van der Waals surface area contributed by atoms with Gasteiger partial charge in [-0.3, -0.25) is 4.98 Å². The minimum atomic E-state index is -0.289. The van der Waals surface area contributed by atoms with Crippen LogP contribution in [0.1, 0.15) is 20.3 Å². The topological polar surface area (TPSA) is 12.9 Å². The maximum Gasteiger partial charge on any atom is 0.141 e. The van der Waals surface area contributed by atoms with Crippen LogP contribution in [0, 0.1) is 5.82 Å². The van der Waals surface area contributed by atoms with Gasteiger partial charge in [0.25, 0.3) is 0 Å². The maximum atomic E-state index is 11.8. The lowest BCUT2D eigenvalue weighted by molar-refractivity contribution is 0.621. The minimum Gasteiger partial charge on any atom is -0.262 e. The molecule has 56 valence electrons. The molecule has 0 amide bonds. The van der Waals surface area contributed by atoms with E-state index in [9.17, 15) is 4.39 Å². The smallest absolute Gasteiger partial charge is 0.141 e. The van der Waals surface area contributed by atoms with Crippen LogP contribution in [0.5, 0.6) is 0 Å². The van der Waals surface area contributed by atoms with Crippen molar-refractivity contribution in [2.75, 3.05) is 0 Å². The van der Waals surface area contributed by atoms with Crippen LogP contribution in [0.15, 0.2) is 24.5 Å². The normalized spacial score (nSPS) is 7.90. The first-order chi connectivity index (χ1) is 4.81. The first-order valence-electron chi connectivity index (χ1n) is 3.36. The van der Waals surface area contributed by atoms with Crippen molar-refractivity contribution in [3.05, 3.63) is 30.3 Å². The summed E-state index contributed by atoms with van der Waals surface area (Å²) in [5.74, 6) is -0.289. The molecule has 0 aliphatic rings. The molecule has 0 saturated carbocycles. The first kappa shape index (κ1) is 9.08. The molecule has 0 radical (unpaired) electrons. The van der Waals surface area contributed by atoms with Gasteiger partial charge in [0.2, 0.25) is 0 Å². The largest absolute Gasteiger partial charge is 0.262 e. The summed E-state index contributed by atoms with van der Waals surface area (Å²) in [5, 5.41) is 0. The Hall–Kier alpha value is -0.920. The van der Waals surface area contributed by atoms with Crippen LogP contribution in [0.2, 0.25) is 0 Å². The van der Waals surface area contributed by atoms with E-state index < -0.39 is 0 Å². The summed E-state index contributed by atoms with van der Waals surface area (Å²) in [5.41, 5.74) is 0. The van der Waals surface area contributed by atoms with Crippen LogP contribution >= 0.6 is 0 Å². The molecule has 0 fully saturated rings. The molecule has 0 bridgehead atoms. The number of halogens is 1. The first-order valence-corrected chi connectivity index (χ1v) is 3.36. The predicted molar refractivity (Wildman–Crippen MR) is 40.2 cm³/mol. The lowest BCUT2D eigenvalue weighted by Crippen LogP contribution is -1.70. The van der Waals surface area contributed by atoms with Gasteiger partial charge >= 0.3 is 0 Å². The molecule has 2 heteroatoms. The molecule has 0 spiro atoms. The Morgan fingerprint density at radius 3 is 2.30 bits per heavy atom. The monoisotopic (exact) mass is 141 g/mol. The van der Waals surface area contributed by atoms with Gasteiger partial charge in [0, 0.05) is 6.20 Å². The molecule has 1 heterocycles. The Morgan fingerprint density at radius 2 is 2.10 bits per heavy atom. The lowest BCUT2D eigenvalue weighted by atomic mass is 10.5. The third-order valence-corrected chi connectivity index (χ3v) is 0.625. The standard InChI is InChI=1S/C5H4FN.C3H8/c6-5-2-1-3-7-4-5;1-3-2/h1-4H;3H2,1-2H3. The van der Waals surface area contributed by atoms with Crippen molar-refractivity contribution in [2.24, 2.45) is 0 Å². The number of pyridine rings is 1. The molecule has 0 aromatic carbocycles. The molecule has 0 atom stereocenters. The van der Waals surface area contributed by atoms with E-state index in [-0.39, 0.29) is 5.82 Å². The Labute approximate surface area is 60.9 Å². The molecule has 0 unspecified atom stereocenters. The van der Waals surface area contributed by atoms with Gasteiger partial charge in [-0.2, -0.15) is 0 Å². The van der Waals surface area contributed by atoms with Crippen LogP contribution in [0.3, 0.4) is 0 Å². The number of hydrogen-bond acceptors (Lipinski definition) is 1. The van der Waals surface area contributed by atoms with E-state index in [4.69, 9.17) is 0 Å². The molecule has 1 rings (SSSR count). The van der Waals surface area contributed by atoms with E-state index in [0.717, 1.165) is 0 Å². The fourth-order valence-electron chi connectivity index (χ4n) is 0.342. The van der Waals surface area contributed by atoms with Gasteiger partial charge in [-0.05, 0) is 12.1 Å². The Bertz CT molecular complexity index is 151. The van der Waals surface area contributed by atoms with Crippen molar-refractivity contribution in [3.63, 3.8) is 0 Å². The summed E-state index contributed by atoms with van der Waals surface area (Å²) < 4.78 is 11.8. The second-order valence-electron chi connectivity index (χ2n) is 1.88. The second kappa shape index (κ2) is 6.20. The molecule has 0 saturated heterocycles. The SMILES string of the molecule is CCC.Fc1cccnc1. The second-order valence-corrected chi connectivity index (χ2v) is 1.88. The van der Waals surface area contributed by atoms with E-state index in [2.05, 4.69) is 18.8 Å². The minimum absolute atomic E-state index is 0.289. The van der Waals surface area contributed by atoms with Crippen molar-refractivity contribution in [3.8, 4) is 0 Å². The fourth-order valence-corrected chi connectivity index (χ4v) is 0.342. The molecule has 10 heavy (non-hydrogen) atoms. The summed E-state index contributed by atoms with van der Waals surface area (Å²) in [7, 11) is 0. The molecule has 1 nitrogen and oxygen atoms in total. The van der Waals surface area contributed by atoms with Gasteiger partial charge in [0.05, 0.1) is 6.20 Å². The van der Waals surface area contributed by atoms with Crippen molar-refractivity contribution >= 4 is 0 Å². The lowest BCUT2D eigenvalue weighted by Gasteiger charge is -1.78. The van der Waals surface area contributed by atoms with Crippen LogP contribution in [-0.4, -0.2) is 4.98 Å². The predicted octanol–water partition coefficient (Wildman–Crippen LogP) is 2.64. The van der Waals surface area contributed by atoms with E-state index in [1.807, 2.05) is 0 Å². The molecule has 1 aromatic heterocycles. The number of rotatable bonds is 0. The molecular weight excluding hydrogens is 129 g/mol. The highest BCUT2D eigenvalue weighted by molar-refractivity contribution is 4.92. The van der Waals surface area contributed by atoms with E-state index in [1.54, 1.807) is 6.07 Å². The van der Waals surface area contributed by atoms with Gasteiger partial charge in [0.15, 0.2) is 0 Å². The van der Waals surface area contributed by atoms with Crippen LogP contribution in [0.25, 0.3) is 0 Å². The summed E-state index contributed by atoms with van der Waals surface area (Å²) in [6.07, 6.45) is 3.95. The Kier molecular flexibility index (Phi) is 5.63. The van der Waals surface area contributed by atoms with Crippen LogP contribution < -0.4 is 0 Å². The van der Waals surface area contributed by atoms with E-state index in [0.29, 0.717) is 0 Å². The van der Waals surface area contributed by atoms with Crippen molar-refractivity contribution in [1.29, 1.82) is 0 Å². The van der Waals surface area contributed by atoms with Crippen molar-refractivity contribution in [1.82, 2.24) is 4.98 Å². The number of aromatic nitrogens is 1. The maximum absolute atomic E-state index is 11.8. The third-order valence-electron chi connectivity index (χ3n) is 0.625. The van der Waals surface area contributed by atoms with Crippen LogP contribution in [0.4, 0.5) is 4.39 Å². The molecule has 0 N–H and O–H groups in total. The van der Waals surface area contributed by atoms with Gasteiger partial charge in [-0.15, -0.1) is 0 Å². The zero-order valence-electron chi connectivity index (χ0n) is 6.34. The quantitative estimate of drug-likeness (QED) is 0.541. The highest BCUT2D eigenvalue weighted by Gasteiger charge is 1.78. The zero-order chi connectivity index (χ0) is 7.82. The highest BCUT2D eigenvalue weighted by Crippen LogP contribution is 1.87. The van der Waals surface area contributed by atoms with Crippen LogP contribution in [-0.2, 0) is 0 Å². The van der Waals surface area contributed by atoms with Gasteiger partial charge in [-0.1, -0.05) is 20.3 Å². The summed E-state index contributed by atoms with van der Waals surface area (Å²) in [4.78, 5) is 3.51. The fraction of sp³-hybridized carbons (Fsp3) is 0.375. The molecule has 1 aromatic rings.